The molecule has 0 saturated heterocycles. The van der Waals surface area contributed by atoms with Crippen LogP contribution in [0, 0.1) is 6.92 Å². The van der Waals surface area contributed by atoms with Crippen LogP contribution < -0.4 is 9.80 Å². The molecule has 2 aromatic carbocycles. The van der Waals surface area contributed by atoms with E-state index in [0.717, 1.165) is 22.6 Å². The lowest BCUT2D eigenvalue weighted by molar-refractivity contribution is 0.606. The van der Waals surface area contributed by atoms with E-state index in [4.69, 9.17) is 5.48 Å². The summed E-state index contributed by atoms with van der Waals surface area (Å²) < 4.78 is 32.1. The smallest absolute Gasteiger partial charge is 0.104 e. The van der Waals surface area contributed by atoms with Gasteiger partial charge in [-0.05, 0) is 51.4 Å². The molecule has 1 heterocycles. The van der Waals surface area contributed by atoms with Gasteiger partial charge in [-0.15, -0.1) is 0 Å². The number of hydrogen-bond acceptors (Lipinski definition) is 2. The van der Waals surface area contributed by atoms with Gasteiger partial charge in [0.25, 0.3) is 0 Å². The second-order valence-electron chi connectivity index (χ2n) is 5.23. The Kier molecular flexibility index (Phi) is 2.20. The Balaban J connectivity index is 2.18. The normalized spacial score (nSPS) is 24.2. The van der Waals surface area contributed by atoms with Gasteiger partial charge in [-0.25, -0.2) is 0 Å². The van der Waals surface area contributed by atoms with Crippen molar-refractivity contribution in [3.05, 3.63) is 54.1 Å². The lowest BCUT2D eigenvalue weighted by Crippen LogP contribution is -2.42. The first kappa shape index (κ1) is 9.06. The molecule has 2 nitrogen and oxygen atoms in total. The molecule has 1 aliphatic rings. The van der Waals surface area contributed by atoms with Crippen molar-refractivity contribution in [2.45, 2.75) is 39.8 Å². The summed E-state index contributed by atoms with van der Waals surface area (Å²) in [5.41, 5.74) is 3.85. The van der Waals surface area contributed by atoms with Gasteiger partial charge in [-0.3, -0.25) is 0 Å². The highest BCUT2D eigenvalue weighted by molar-refractivity contribution is 5.84. The van der Waals surface area contributed by atoms with Crippen molar-refractivity contribution in [2.75, 3.05) is 9.80 Å². The molecule has 0 fully saturated rings. The minimum Gasteiger partial charge on any atom is -0.347 e. The van der Waals surface area contributed by atoms with Gasteiger partial charge in [0.2, 0.25) is 0 Å². The van der Waals surface area contributed by atoms with E-state index in [1.165, 1.54) is 6.92 Å². The Morgan fingerprint density at radius 1 is 1.05 bits per heavy atom. The Morgan fingerprint density at radius 3 is 2.30 bits per heavy atom. The number of anilines is 3. The summed E-state index contributed by atoms with van der Waals surface area (Å²) in [6.45, 7) is 3.03. The molecule has 1 unspecified atom stereocenters. The third-order valence-electron chi connectivity index (χ3n) is 3.88. The molecule has 20 heavy (non-hydrogen) atoms. The lowest BCUT2D eigenvalue weighted by atomic mass is 10.1. The van der Waals surface area contributed by atoms with Crippen molar-refractivity contribution in [2.24, 2.45) is 0 Å². The minimum absolute atomic E-state index is 0.272. The van der Waals surface area contributed by atoms with Gasteiger partial charge >= 0.3 is 0 Å². The topological polar surface area (TPSA) is 6.48 Å². The Morgan fingerprint density at radius 2 is 1.65 bits per heavy atom. The Bertz CT molecular complexity index is 755. The van der Waals surface area contributed by atoms with Crippen molar-refractivity contribution in [1.82, 2.24) is 0 Å². The van der Waals surface area contributed by atoms with E-state index in [1.807, 2.05) is 62.4 Å². The van der Waals surface area contributed by atoms with E-state index in [1.54, 1.807) is 4.90 Å². The first-order chi connectivity index (χ1) is 11.2. The summed E-state index contributed by atoms with van der Waals surface area (Å²) >= 11 is 0. The highest BCUT2D eigenvalue weighted by atomic mass is 15.4. The number of aryl methyl sites for hydroxylation is 1. The van der Waals surface area contributed by atoms with Crippen molar-refractivity contribution in [1.29, 1.82) is 0 Å². The van der Waals surface area contributed by atoms with Gasteiger partial charge in [0, 0.05) is 15.8 Å². The number of fused-ring (bicyclic) bond motifs is 1. The lowest BCUT2D eigenvalue weighted by Gasteiger charge is -2.33. The predicted octanol–water partition coefficient (Wildman–Crippen LogP) is 4.71. The third-order valence-corrected chi connectivity index (χ3v) is 3.88. The minimum atomic E-state index is -2.42. The van der Waals surface area contributed by atoms with Crippen LogP contribution in [-0.2, 0) is 0 Å². The number of rotatable bonds is 2. The summed E-state index contributed by atoms with van der Waals surface area (Å²) in [5, 5.41) is 0. The van der Waals surface area contributed by atoms with Crippen LogP contribution in [0.15, 0.2) is 48.5 Å². The standard InChI is InChI=1S/C18H22N2/c1-13(2)19-15(4)20(16-10-6-5-9-14(16)3)18-12-8-7-11-17(18)19/h5-13,15H,1-4H3/t15-/m0/s1/i1D3,13D/t13?,15-. The molecule has 0 bridgehead atoms. The summed E-state index contributed by atoms with van der Waals surface area (Å²) in [4.78, 5) is 3.81. The highest BCUT2D eigenvalue weighted by Gasteiger charge is 2.35. The fourth-order valence-electron chi connectivity index (χ4n) is 3.02. The molecule has 0 aliphatic carbocycles. The number of para-hydroxylation sites is 3. The molecule has 0 amide bonds. The molecule has 2 aromatic rings. The van der Waals surface area contributed by atoms with E-state index in [9.17, 15) is 0 Å². The zero-order valence-electron chi connectivity index (χ0n) is 16.1. The summed E-state index contributed by atoms with van der Waals surface area (Å²) in [7, 11) is 0. The first-order valence-corrected chi connectivity index (χ1v) is 6.89. The van der Waals surface area contributed by atoms with Crippen LogP contribution >= 0.6 is 0 Å². The zero-order chi connectivity index (χ0) is 17.7. The SMILES string of the molecule is [2H]C([2H])([2H])C([2H])(C)N1c2ccccc2N(c2ccccc2C)[C@H]1C. The van der Waals surface area contributed by atoms with Gasteiger partial charge in [0.15, 0.2) is 0 Å². The van der Waals surface area contributed by atoms with Crippen molar-refractivity contribution in [3.63, 3.8) is 0 Å². The Labute approximate surface area is 127 Å². The zero-order valence-corrected chi connectivity index (χ0v) is 12.1. The number of nitrogens with zero attached hydrogens (tertiary/aromatic N) is 2. The van der Waals surface area contributed by atoms with Crippen molar-refractivity contribution < 1.29 is 5.48 Å². The molecule has 3 rings (SSSR count). The highest BCUT2D eigenvalue weighted by Crippen LogP contribution is 2.45. The van der Waals surface area contributed by atoms with Crippen LogP contribution in [0.5, 0.6) is 0 Å². The van der Waals surface area contributed by atoms with E-state index < -0.39 is 12.9 Å². The molecule has 0 saturated carbocycles. The molecule has 104 valence electrons. The Hall–Kier alpha value is -1.96. The third kappa shape index (κ3) is 1.87. The van der Waals surface area contributed by atoms with E-state index in [0.29, 0.717) is 0 Å². The number of hydrogen-bond donors (Lipinski definition) is 0. The van der Waals surface area contributed by atoms with E-state index in [-0.39, 0.29) is 6.17 Å². The molecule has 0 spiro atoms. The second kappa shape index (κ2) is 4.86. The van der Waals surface area contributed by atoms with Gasteiger partial charge < -0.3 is 9.80 Å². The molecule has 0 radical (unpaired) electrons. The summed E-state index contributed by atoms with van der Waals surface area (Å²) in [6.07, 6.45) is -0.272. The van der Waals surface area contributed by atoms with E-state index in [2.05, 4.69) is 4.90 Å². The average Bonchev–Trinajstić information content (AvgIpc) is 2.79. The molecule has 1 aliphatic heterocycles. The average molecular weight is 270 g/mol. The van der Waals surface area contributed by atoms with Gasteiger partial charge in [0.05, 0.1) is 12.7 Å². The van der Waals surface area contributed by atoms with Gasteiger partial charge in [-0.2, -0.15) is 0 Å². The fourth-order valence-corrected chi connectivity index (χ4v) is 3.02. The maximum absolute atomic E-state index is 8.58. The summed E-state index contributed by atoms with van der Waals surface area (Å²) in [5.74, 6) is 0. The van der Waals surface area contributed by atoms with Crippen LogP contribution in [0.25, 0.3) is 0 Å². The number of benzene rings is 2. The van der Waals surface area contributed by atoms with Gasteiger partial charge in [0.1, 0.15) is 6.17 Å². The van der Waals surface area contributed by atoms with Crippen LogP contribution in [0.3, 0.4) is 0 Å². The van der Waals surface area contributed by atoms with Crippen molar-refractivity contribution >= 4 is 17.1 Å². The van der Waals surface area contributed by atoms with Crippen LogP contribution in [-0.4, -0.2) is 12.2 Å². The van der Waals surface area contributed by atoms with E-state index >= 15 is 0 Å². The van der Waals surface area contributed by atoms with Crippen molar-refractivity contribution in [3.8, 4) is 0 Å². The molecular weight excluding hydrogens is 244 g/mol. The molecule has 2 heteroatoms. The molecule has 0 N–H and O–H groups in total. The maximum atomic E-state index is 8.58. The first-order valence-electron chi connectivity index (χ1n) is 8.89. The quantitative estimate of drug-likeness (QED) is 0.780. The maximum Gasteiger partial charge on any atom is 0.104 e. The van der Waals surface area contributed by atoms with Gasteiger partial charge in [-0.1, -0.05) is 30.3 Å². The van der Waals surface area contributed by atoms with Crippen LogP contribution in [0.1, 0.15) is 31.7 Å². The molecule has 0 aromatic heterocycles. The summed E-state index contributed by atoms with van der Waals surface area (Å²) in [6, 6.07) is 14.0. The molecular formula is C18H22N2. The predicted molar refractivity (Wildman–Crippen MR) is 86.8 cm³/mol. The molecule has 2 atom stereocenters. The second-order valence-corrected chi connectivity index (χ2v) is 5.23. The monoisotopic (exact) mass is 270 g/mol. The van der Waals surface area contributed by atoms with Crippen LogP contribution in [0.2, 0.25) is 0 Å². The fraction of sp³-hybridized carbons (Fsp3) is 0.333. The van der Waals surface area contributed by atoms with Crippen LogP contribution in [0.4, 0.5) is 17.1 Å². The largest absolute Gasteiger partial charge is 0.347 e.